The van der Waals surface area contributed by atoms with E-state index in [-0.39, 0.29) is 6.03 Å². The summed E-state index contributed by atoms with van der Waals surface area (Å²) in [6.07, 6.45) is 3.10. The van der Waals surface area contributed by atoms with E-state index in [1.165, 1.54) is 14.1 Å². The molecule has 0 saturated carbocycles. The number of urea groups is 1. The molecule has 1 heterocycles. The first kappa shape index (κ1) is 19.5. The highest BCUT2D eigenvalue weighted by atomic mass is 32.2. The van der Waals surface area contributed by atoms with Crippen LogP contribution in [0.5, 0.6) is 0 Å². The van der Waals surface area contributed by atoms with Gasteiger partial charge in [0.1, 0.15) is 0 Å². The molecule has 0 radical (unpaired) electrons. The van der Waals surface area contributed by atoms with Crippen LogP contribution in [0.4, 0.5) is 16.2 Å². The van der Waals surface area contributed by atoms with Crippen molar-refractivity contribution in [2.24, 2.45) is 5.92 Å². The number of hydrogen-bond acceptors (Lipinski definition) is 4. The smallest absolute Gasteiger partial charge is 0.319 e. The van der Waals surface area contributed by atoms with Gasteiger partial charge in [-0.05, 0) is 43.4 Å². The Morgan fingerprint density at radius 3 is 2.76 bits per heavy atom. The predicted molar refractivity (Wildman–Crippen MR) is 97.9 cm³/mol. The van der Waals surface area contributed by atoms with Crippen molar-refractivity contribution in [3.8, 4) is 0 Å². The highest BCUT2D eigenvalue weighted by molar-refractivity contribution is 7.90. The summed E-state index contributed by atoms with van der Waals surface area (Å²) in [7, 11) is -0.701. The second kappa shape index (κ2) is 9.02. The van der Waals surface area contributed by atoms with E-state index >= 15 is 0 Å². The number of rotatable bonds is 7. The summed E-state index contributed by atoms with van der Waals surface area (Å²) in [6, 6.07) is 6.23. The van der Waals surface area contributed by atoms with Crippen LogP contribution in [0.3, 0.4) is 0 Å². The molecule has 3 N–H and O–H groups in total. The summed E-state index contributed by atoms with van der Waals surface area (Å²) in [5.41, 5.74) is 0.892. The van der Waals surface area contributed by atoms with Gasteiger partial charge < -0.3 is 15.4 Å². The zero-order chi connectivity index (χ0) is 18.3. The zero-order valence-electron chi connectivity index (χ0n) is 14.6. The van der Waals surface area contributed by atoms with Crippen molar-refractivity contribution in [1.29, 1.82) is 0 Å². The van der Waals surface area contributed by atoms with Crippen LogP contribution >= 0.6 is 0 Å². The monoisotopic (exact) mass is 370 g/mol. The molecule has 1 aromatic rings. The molecule has 0 spiro atoms. The Balaban J connectivity index is 1.81. The lowest BCUT2D eigenvalue weighted by Crippen LogP contribution is -2.32. The maximum absolute atomic E-state index is 12.0. The Labute approximate surface area is 149 Å². The molecule has 1 unspecified atom stereocenters. The van der Waals surface area contributed by atoms with Crippen LogP contribution in [0.2, 0.25) is 0 Å². The van der Waals surface area contributed by atoms with Gasteiger partial charge >= 0.3 is 16.2 Å². The topological polar surface area (TPSA) is 99.8 Å². The quantitative estimate of drug-likeness (QED) is 0.682. The van der Waals surface area contributed by atoms with Crippen LogP contribution in [-0.2, 0) is 14.9 Å². The first-order valence-electron chi connectivity index (χ1n) is 8.30. The molecule has 0 aromatic heterocycles. The molecule has 1 fully saturated rings. The van der Waals surface area contributed by atoms with Crippen molar-refractivity contribution in [2.45, 2.75) is 19.3 Å². The summed E-state index contributed by atoms with van der Waals surface area (Å²) in [5, 5.41) is 5.52. The minimum Gasteiger partial charge on any atom is -0.381 e. The molecule has 8 nitrogen and oxygen atoms in total. The molecule has 1 aliphatic heterocycles. The molecule has 9 heteroatoms. The number of benzene rings is 1. The number of carbonyl (C=O) groups is 1. The molecule has 1 aromatic carbocycles. The summed E-state index contributed by atoms with van der Waals surface area (Å²) in [6.45, 7) is 2.17. The third-order valence-electron chi connectivity index (χ3n) is 3.94. The lowest BCUT2D eigenvalue weighted by atomic mass is 9.99. The van der Waals surface area contributed by atoms with Crippen molar-refractivity contribution in [1.82, 2.24) is 9.62 Å². The van der Waals surface area contributed by atoms with Gasteiger partial charge in [-0.15, -0.1) is 0 Å². The predicted octanol–water partition coefficient (Wildman–Crippen LogP) is 1.84. The van der Waals surface area contributed by atoms with E-state index < -0.39 is 10.2 Å². The molecule has 1 atom stereocenters. The average Bonchev–Trinajstić information content (AvgIpc) is 2.55. The molecule has 2 amide bonds. The van der Waals surface area contributed by atoms with Crippen LogP contribution in [0, 0.1) is 5.92 Å². The Kier molecular flexibility index (Phi) is 7.03. The minimum absolute atomic E-state index is 0.315. The molecule has 140 valence electrons. The van der Waals surface area contributed by atoms with Gasteiger partial charge in [-0.1, -0.05) is 6.07 Å². The molecular weight excluding hydrogens is 344 g/mol. The fourth-order valence-electron chi connectivity index (χ4n) is 2.50. The standard InChI is InChI=1S/C16H26N4O4S/c1-20(2)25(22,23)19-15-7-3-6-14(11-15)18-16(21)17-9-8-13-5-4-10-24-12-13/h3,6-7,11,13,19H,4-5,8-10,12H2,1-2H3,(H2,17,18,21). The lowest BCUT2D eigenvalue weighted by Gasteiger charge is -2.21. The Morgan fingerprint density at radius 2 is 2.08 bits per heavy atom. The van der Waals surface area contributed by atoms with E-state index in [4.69, 9.17) is 4.74 Å². The molecule has 0 bridgehead atoms. The van der Waals surface area contributed by atoms with Crippen molar-refractivity contribution in [3.63, 3.8) is 0 Å². The van der Waals surface area contributed by atoms with Gasteiger partial charge in [0, 0.05) is 39.5 Å². The molecular formula is C16H26N4O4S. The van der Waals surface area contributed by atoms with E-state index in [9.17, 15) is 13.2 Å². The number of anilines is 2. The number of nitrogens with zero attached hydrogens (tertiary/aromatic N) is 1. The summed E-state index contributed by atoms with van der Waals surface area (Å²) >= 11 is 0. The summed E-state index contributed by atoms with van der Waals surface area (Å²) < 4.78 is 32.6. The first-order chi connectivity index (χ1) is 11.9. The largest absolute Gasteiger partial charge is 0.381 e. The highest BCUT2D eigenvalue weighted by Gasteiger charge is 2.15. The van der Waals surface area contributed by atoms with Crippen LogP contribution in [0.25, 0.3) is 0 Å². The van der Waals surface area contributed by atoms with E-state index in [1.807, 2.05) is 0 Å². The summed E-state index contributed by atoms with van der Waals surface area (Å²) in [4.78, 5) is 12.0. The van der Waals surface area contributed by atoms with E-state index in [2.05, 4.69) is 15.4 Å². The van der Waals surface area contributed by atoms with E-state index in [1.54, 1.807) is 24.3 Å². The van der Waals surface area contributed by atoms with Crippen LogP contribution < -0.4 is 15.4 Å². The third kappa shape index (κ3) is 6.52. The van der Waals surface area contributed by atoms with E-state index in [0.717, 1.165) is 36.8 Å². The Morgan fingerprint density at radius 1 is 1.32 bits per heavy atom. The molecule has 0 aliphatic carbocycles. The Hall–Kier alpha value is -1.84. The van der Waals surface area contributed by atoms with Gasteiger partial charge in [-0.25, -0.2) is 4.79 Å². The maximum Gasteiger partial charge on any atom is 0.319 e. The Bertz CT molecular complexity index is 672. The van der Waals surface area contributed by atoms with E-state index in [0.29, 0.717) is 23.8 Å². The number of hydrogen-bond donors (Lipinski definition) is 3. The lowest BCUT2D eigenvalue weighted by molar-refractivity contribution is 0.0520. The second-order valence-electron chi connectivity index (χ2n) is 6.22. The van der Waals surface area contributed by atoms with Gasteiger partial charge in [0.25, 0.3) is 0 Å². The van der Waals surface area contributed by atoms with Gasteiger partial charge in [-0.2, -0.15) is 12.7 Å². The zero-order valence-corrected chi connectivity index (χ0v) is 15.4. The average molecular weight is 370 g/mol. The summed E-state index contributed by atoms with van der Waals surface area (Å²) in [5.74, 6) is 0.498. The molecule has 1 aliphatic rings. The second-order valence-corrected chi connectivity index (χ2v) is 8.11. The van der Waals surface area contributed by atoms with Crippen LogP contribution in [0.1, 0.15) is 19.3 Å². The SMILES string of the molecule is CN(C)S(=O)(=O)Nc1cccc(NC(=O)NCCC2CCCOC2)c1. The van der Waals surface area contributed by atoms with Crippen molar-refractivity contribution in [3.05, 3.63) is 24.3 Å². The minimum atomic E-state index is -3.58. The van der Waals surface area contributed by atoms with Crippen molar-refractivity contribution < 1.29 is 17.9 Å². The van der Waals surface area contributed by atoms with Crippen molar-refractivity contribution in [2.75, 3.05) is 43.9 Å². The number of nitrogens with one attached hydrogen (secondary N) is 3. The number of amides is 2. The third-order valence-corrected chi connectivity index (χ3v) is 5.40. The van der Waals surface area contributed by atoms with Gasteiger partial charge in [0.2, 0.25) is 0 Å². The van der Waals surface area contributed by atoms with Crippen molar-refractivity contribution >= 4 is 27.6 Å². The van der Waals surface area contributed by atoms with Crippen LogP contribution in [0.15, 0.2) is 24.3 Å². The van der Waals surface area contributed by atoms with Gasteiger partial charge in [-0.3, -0.25) is 4.72 Å². The van der Waals surface area contributed by atoms with Crippen LogP contribution in [-0.4, -0.2) is 52.6 Å². The van der Waals surface area contributed by atoms with Gasteiger partial charge in [0.15, 0.2) is 0 Å². The molecule has 1 saturated heterocycles. The fourth-order valence-corrected chi connectivity index (χ4v) is 3.11. The highest BCUT2D eigenvalue weighted by Crippen LogP contribution is 2.18. The van der Waals surface area contributed by atoms with Gasteiger partial charge in [0.05, 0.1) is 5.69 Å². The fraction of sp³-hybridized carbons (Fsp3) is 0.562. The maximum atomic E-state index is 12.0. The molecule has 2 rings (SSSR count). The normalized spacial score (nSPS) is 18.0. The number of ether oxygens (including phenoxy) is 1. The molecule has 25 heavy (non-hydrogen) atoms. The number of carbonyl (C=O) groups excluding carboxylic acids is 1. The first-order valence-corrected chi connectivity index (χ1v) is 9.74.